The van der Waals surface area contributed by atoms with E-state index in [1.54, 1.807) is 7.05 Å². The Kier molecular flexibility index (Phi) is 7.57. The molecule has 1 aromatic carbocycles. The Bertz CT molecular complexity index is 789. The van der Waals surface area contributed by atoms with E-state index in [2.05, 4.69) is 34.6 Å². The Hall–Kier alpha value is -2.64. The second-order valence-corrected chi connectivity index (χ2v) is 5.98. The number of rotatable bonds is 8. The first-order valence-electron chi connectivity index (χ1n) is 9.06. The molecule has 0 radical (unpaired) electrons. The monoisotopic (exact) mass is 379 g/mol. The molecular weight excluding hydrogens is 352 g/mol. The van der Waals surface area contributed by atoms with Gasteiger partial charge in [-0.3, -0.25) is 9.67 Å². The third kappa shape index (κ3) is 5.42. The SMILES string of the molecule is CCc1nn(C)c(CC)c1CNC(=NC)NCCOc1ccc(F)cc1F. The van der Waals surface area contributed by atoms with Gasteiger partial charge in [-0.05, 0) is 25.0 Å². The van der Waals surface area contributed by atoms with Crippen LogP contribution in [0.1, 0.15) is 30.8 Å². The van der Waals surface area contributed by atoms with Gasteiger partial charge in [0.05, 0.1) is 12.2 Å². The number of halogens is 2. The summed E-state index contributed by atoms with van der Waals surface area (Å²) < 4.78 is 33.7. The van der Waals surface area contributed by atoms with Crippen molar-refractivity contribution in [2.75, 3.05) is 20.2 Å². The molecule has 0 saturated carbocycles. The van der Waals surface area contributed by atoms with Crippen molar-refractivity contribution in [1.82, 2.24) is 20.4 Å². The number of hydrogen-bond acceptors (Lipinski definition) is 3. The number of nitrogens with one attached hydrogen (secondary N) is 2. The Morgan fingerprint density at radius 3 is 2.63 bits per heavy atom. The molecular formula is C19H27F2N5O. The zero-order valence-electron chi connectivity index (χ0n) is 16.3. The van der Waals surface area contributed by atoms with Gasteiger partial charge in [0.15, 0.2) is 17.5 Å². The van der Waals surface area contributed by atoms with E-state index < -0.39 is 11.6 Å². The highest BCUT2D eigenvalue weighted by molar-refractivity contribution is 5.79. The average Bonchev–Trinajstić information content (AvgIpc) is 2.97. The van der Waals surface area contributed by atoms with Crippen molar-refractivity contribution < 1.29 is 13.5 Å². The molecule has 2 rings (SSSR count). The third-order valence-corrected chi connectivity index (χ3v) is 4.23. The molecule has 2 aromatic rings. The number of hydrogen-bond donors (Lipinski definition) is 2. The lowest BCUT2D eigenvalue weighted by Gasteiger charge is -2.13. The van der Waals surface area contributed by atoms with Crippen LogP contribution >= 0.6 is 0 Å². The zero-order chi connectivity index (χ0) is 19.8. The van der Waals surface area contributed by atoms with Crippen LogP contribution in [0.25, 0.3) is 0 Å². The van der Waals surface area contributed by atoms with E-state index in [-0.39, 0.29) is 12.4 Å². The molecule has 0 saturated heterocycles. The molecule has 0 bridgehead atoms. The molecule has 0 amide bonds. The van der Waals surface area contributed by atoms with Crippen molar-refractivity contribution in [2.45, 2.75) is 33.2 Å². The number of benzene rings is 1. The topological polar surface area (TPSA) is 63.5 Å². The van der Waals surface area contributed by atoms with Crippen molar-refractivity contribution in [2.24, 2.45) is 12.0 Å². The molecule has 0 aliphatic rings. The molecule has 0 aliphatic heterocycles. The van der Waals surface area contributed by atoms with Gasteiger partial charge < -0.3 is 15.4 Å². The van der Waals surface area contributed by atoms with Gasteiger partial charge in [-0.25, -0.2) is 8.78 Å². The minimum atomic E-state index is -0.715. The van der Waals surface area contributed by atoms with Crippen LogP contribution in [-0.4, -0.2) is 35.9 Å². The van der Waals surface area contributed by atoms with E-state index in [0.29, 0.717) is 19.0 Å². The van der Waals surface area contributed by atoms with Crippen molar-refractivity contribution in [3.63, 3.8) is 0 Å². The Morgan fingerprint density at radius 1 is 1.22 bits per heavy atom. The highest BCUT2D eigenvalue weighted by Crippen LogP contribution is 2.17. The first-order valence-corrected chi connectivity index (χ1v) is 9.06. The van der Waals surface area contributed by atoms with Crippen LogP contribution in [0.4, 0.5) is 8.78 Å². The summed E-state index contributed by atoms with van der Waals surface area (Å²) >= 11 is 0. The predicted octanol–water partition coefficient (Wildman–Crippen LogP) is 2.57. The molecule has 0 aliphatic carbocycles. The Morgan fingerprint density at radius 2 is 2.00 bits per heavy atom. The average molecular weight is 379 g/mol. The standard InChI is InChI=1S/C19H27F2N5O/c1-5-16-14(17(6-2)26(4)25-16)12-24-19(22-3)23-9-10-27-18-8-7-13(20)11-15(18)21/h7-8,11H,5-6,9-10,12H2,1-4H3,(H2,22,23,24). The highest BCUT2D eigenvalue weighted by Gasteiger charge is 2.13. The van der Waals surface area contributed by atoms with E-state index in [1.807, 2.05) is 11.7 Å². The van der Waals surface area contributed by atoms with Gasteiger partial charge in [0, 0.05) is 38.0 Å². The van der Waals surface area contributed by atoms with Crippen LogP contribution in [0.5, 0.6) is 5.75 Å². The Labute approximate surface area is 158 Å². The van der Waals surface area contributed by atoms with E-state index in [4.69, 9.17) is 4.74 Å². The van der Waals surface area contributed by atoms with Crippen LogP contribution < -0.4 is 15.4 Å². The predicted molar refractivity (Wildman–Crippen MR) is 102 cm³/mol. The molecule has 0 spiro atoms. The molecule has 8 heteroatoms. The van der Waals surface area contributed by atoms with Gasteiger partial charge in [-0.2, -0.15) is 5.10 Å². The molecule has 1 heterocycles. The molecule has 1 aromatic heterocycles. The molecule has 0 fully saturated rings. The van der Waals surface area contributed by atoms with Gasteiger partial charge in [-0.1, -0.05) is 13.8 Å². The maximum Gasteiger partial charge on any atom is 0.191 e. The van der Waals surface area contributed by atoms with E-state index in [1.165, 1.54) is 17.3 Å². The number of aromatic nitrogens is 2. The molecule has 6 nitrogen and oxygen atoms in total. The summed E-state index contributed by atoms with van der Waals surface area (Å²) in [6.07, 6.45) is 1.78. The molecule has 27 heavy (non-hydrogen) atoms. The maximum atomic E-state index is 13.5. The van der Waals surface area contributed by atoms with Gasteiger partial charge in [0.1, 0.15) is 12.4 Å². The second kappa shape index (κ2) is 9.89. The normalized spacial score (nSPS) is 11.6. The number of nitrogens with zero attached hydrogens (tertiary/aromatic N) is 3. The van der Waals surface area contributed by atoms with Crippen molar-refractivity contribution >= 4 is 5.96 Å². The summed E-state index contributed by atoms with van der Waals surface area (Å²) in [5.74, 6) is -0.702. The van der Waals surface area contributed by atoms with Crippen LogP contribution in [0.2, 0.25) is 0 Å². The second-order valence-electron chi connectivity index (χ2n) is 5.98. The maximum absolute atomic E-state index is 13.5. The highest BCUT2D eigenvalue weighted by atomic mass is 19.1. The lowest BCUT2D eigenvalue weighted by atomic mass is 10.1. The van der Waals surface area contributed by atoms with Crippen LogP contribution in [0.15, 0.2) is 23.2 Å². The van der Waals surface area contributed by atoms with E-state index >= 15 is 0 Å². The Balaban J connectivity index is 1.84. The molecule has 2 N–H and O–H groups in total. The number of aliphatic imine (C=N–C) groups is 1. The van der Waals surface area contributed by atoms with Crippen molar-refractivity contribution in [1.29, 1.82) is 0 Å². The molecule has 0 atom stereocenters. The molecule has 0 unspecified atom stereocenters. The van der Waals surface area contributed by atoms with Gasteiger partial charge in [0.25, 0.3) is 0 Å². The van der Waals surface area contributed by atoms with Gasteiger partial charge in [0.2, 0.25) is 0 Å². The van der Waals surface area contributed by atoms with E-state index in [9.17, 15) is 8.78 Å². The summed E-state index contributed by atoms with van der Waals surface area (Å²) in [6.45, 7) is 5.46. The van der Waals surface area contributed by atoms with E-state index in [0.717, 1.165) is 30.7 Å². The summed E-state index contributed by atoms with van der Waals surface area (Å²) in [5.41, 5.74) is 3.47. The van der Waals surface area contributed by atoms with Gasteiger partial charge >= 0.3 is 0 Å². The molecule has 148 valence electrons. The first-order chi connectivity index (χ1) is 13.0. The smallest absolute Gasteiger partial charge is 0.191 e. The van der Waals surface area contributed by atoms with Crippen molar-refractivity contribution in [3.8, 4) is 5.75 Å². The fraction of sp³-hybridized carbons (Fsp3) is 0.474. The first kappa shape index (κ1) is 20.7. The van der Waals surface area contributed by atoms with Crippen molar-refractivity contribution in [3.05, 3.63) is 46.8 Å². The summed E-state index contributed by atoms with van der Waals surface area (Å²) in [7, 11) is 3.64. The van der Waals surface area contributed by atoms with Crippen LogP contribution in [0.3, 0.4) is 0 Å². The summed E-state index contributed by atoms with van der Waals surface area (Å²) in [4.78, 5) is 4.18. The largest absolute Gasteiger partial charge is 0.489 e. The lowest BCUT2D eigenvalue weighted by molar-refractivity contribution is 0.304. The number of ether oxygens (including phenoxy) is 1. The quantitative estimate of drug-likeness (QED) is 0.420. The fourth-order valence-electron chi connectivity index (χ4n) is 2.91. The minimum absolute atomic E-state index is 0.0247. The minimum Gasteiger partial charge on any atom is -0.489 e. The lowest BCUT2D eigenvalue weighted by Crippen LogP contribution is -2.39. The fourth-order valence-corrected chi connectivity index (χ4v) is 2.91. The summed E-state index contributed by atoms with van der Waals surface area (Å²) in [5, 5.41) is 10.9. The van der Waals surface area contributed by atoms with Crippen LogP contribution in [-0.2, 0) is 26.4 Å². The van der Waals surface area contributed by atoms with Gasteiger partial charge in [-0.15, -0.1) is 0 Å². The van der Waals surface area contributed by atoms with Crippen LogP contribution in [0, 0.1) is 11.6 Å². The third-order valence-electron chi connectivity index (χ3n) is 4.23. The number of aryl methyl sites for hydroxylation is 2. The summed E-state index contributed by atoms with van der Waals surface area (Å²) in [6, 6.07) is 3.24. The number of guanidine groups is 1. The zero-order valence-corrected chi connectivity index (χ0v) is 16.3.